The summed E-state index contributed by atoms with van der Waals surface area (Å²) in [6, 6.07) is 14.9. The zero-order valence-electron chi connectivity index (χ0n) is 16.8. The highest BCUT2D eigenvalue weighted by atomic mass is 16.5. The van der Waals surface area contributed by atoms with E-state index in [1.54, 1.807) is 25.4 Å². The molecule has 0 spiro atoms. The topological polar surface area (TPSA) is 56.6 Å². The van der Waals surface area contributed by atoms with Crippen LogP contribution < -0.4 is 19.9 Å². The molecule has 0 aliphatic carbocycles. The Morgan fingerprint density at radius 1 is 0.897 bits per heavy atom. The molecule has 0 atom stereocenters. The molecule has 0 saturated carbocycles. The van der Waals surface area contributed by atoms with Gasteiger partial charge in [0.2, 0.25) is 5.75 Å². The molecule has 2 aromatic carbocycles. The summed E-state index contributed by atoms with van der Waals surface area (Å²) < 4.78 is 12.7. The number of nitrogens with zero attached hydrogens (tertiary/aromatic N) is 3. The number of ether oxygens (including phenoxy) is 2. The number of anilines is 1. The van der Waals surface area contributed by atoms with E-state index in [1.807, 2.05) is 43.3 Å². The molecule has 0 radical (unpaired) electrons. The summed E-state index contributed by atoms with van der Waals surface area (Å²) in [7, 11) is 1.62. The van der Waals surface area contributed by atoms with Crippen LogP contribution in [0.15, 0.2) is 59.5 Å². The molecule has 0 amide bonds. The molecule has 29 heavy (non-hydrogen) atoms. The van der Waals surface area contributed by atoms with Gasteiger partial charge in [-0.15, -0.1) is 0 Å². The predicted molar refractivity (Wildman–Crippen MR) is 114 cm³/mol. The lowest BCUT2D eigenvalue weighted by Crippen LogP contribution is -2.33. The van der Waals surface area contributed by atoms with Crippen LogP contribution in [0.25, 0.3) is 5.69 Å². The molecule has 0 N–H and O–H groups in total. The van der Waals surface area contributed by atoms with Crippen molar-refractivity contribution in [2.75, 3.05) is 25.1 Å². The van der Waals surface area contributed by atoms with Gasteiger partial charge >= 0.3 is 5.56 Å². The van der Waals surface area contributed by atoms with Crippen LogP contribution in [0.2, 0.25) is 0 Å². The van der Waals surface area contributed by atoms with Crippen molar-refractivity contribution < 1.29 is 9.47 Å². The van der Waals surface area contributed by atoms with Crippen LogP contribution in [-0.4, -0.2) is 30.0 Å². The number of piperidine rings is 1. The summed E-state index contributed by atoms with van der Waals surface area (Å²) in [5, 5.41) is 4.45. The smallest absolute Gasteiger partial charge is 0.316 e. The zero-order chi connectivity index (χ0) is 20.2. The Balaban J connectivity index is 1.77. The van der Waals surface area contributed by atoms with Crippen molar-refractivity contribution in [1.82, 2.24) is 9.78 Å². The van der Waals surface area contributed by atoms with Gasteiger partial charge in [-0.25, -0.2) is 0 Å². The summed E-state index contributed by atoms with van der Waals surface area (Å²) in [5.41, 5.74) is 2.31. The zero-order valence-corrected chi connectivity index (χ0v) is 16.8. The molecule has 6 heteroatoms. The van der Waals surface area contributed by atoms with E-state index in [1.165, 1.54) is 11.1 Å². The fraction of sp³-hybridized carbons (Fsp3) is 0.304. The van der Waals surface area contributed by atoms with Crippen LogP contribution in [0.5, 0.6) is 17.2 Å². The second-order valence-corrected chi connectivity index (χ2v) is 7.24. The molecule has 1 aliphatic heterocycles. The Labute approximate surface area is 170 Å². The molecule has 150 valence electrons. The van der Waals surface area contributed by atoms with Crippen LogP contribution in [-0.2, 0) is 0 Å². The number of aromatic nitrogens is 2. The van der Waals surface area contributed by atoms with Gasteiger partial charge in [-0.05, 0) is 62.6 Å². The lowest BCUT2D eigenvalue weighted by atomic mass is 10.1. The summed E-state index contributed by atoms with van der Waals surface area (Å²) in [6.45, 7) is 3.81. The van der Waals surface area contributed by atoms with Crippen molar-refractivity contribution in [1.29, 1.82) is 0 Å². The van der Waals surface area contributed by atoms with Crippen LogP contribution in [0.4, 0.5) is 5.69 Å². The first-order valence-electron chi connectivity index (χ1n) is 9.92. The van der Waals surface area contributed by atoms with Gasteiger partial charge in [-0.3, -0.25) is 4.79 Å². The second kappa shape index (κ2) is 8.39. The van der Waals surface area contributed by atoms with Gasteiger partial charge in [0.15, 0.2) is 0 Å². The fourth-order valence-electron chi connectivity index (χ4n) is 3.52. The van der Waals surface area contributed by atoms with Crippen molar-refractivity contribution in [2.45, 2.75) is 26.2 Å². The van der Waals surface area contributed by atoms with E-state index in [0.29, 0.717) is 17.2 Å². The Morgan fingerprint density at radius 2 is 1.55 bits per heavy atom. The molecule has 0 bridgehead atoms. The average molecular weight is 391 g/mol. The van der Waals surface area contributed by atoms with Crippen molar-refractivity contribution >= 4 is 5.69 Å². The maximum Gasteiger partial charge on any atom is 0.316 e. The molecule has 0 unspecified atom stereocenters. The van der Waals surface area contributed by atoms with E-state index >= 15 is 0 Å². The molecule has 4 rings (SSSR count). The maximum atomic E-state index is 13.4. The Bertz CT molecular complexity index is 1020. The number of hydrogen-bond acceptors (Lipinski definition) is 5. The lowest BCUT2D eigenvalue weighted by molar-refractivity contribution is 0.412. The van der Waals surface area contributed by atoms with Crippen molar-refractivity contribution in [3.8, 4) is 22.9 Å². The SMILES string of the molecule is COc1ccc(Oc2c(N3CCCCC3)cnn(-c3ccc(C)cc3)c2=O)cc1. The lowest BCUT2D eigenvalue weighted by Gasteiger charge is -2.29. The number of benzene rings is 2. The molecule has 1 aliphatic rings. The summed E-state index contributed by atoms with van der Waals surface area (Å²) in [6.07, 6.45) is 5.15. The third-order valence-electron chi connectivity index (χ3n) is 5.17. The summed E-state index contributed by atoms with van der Waals surface area (Å²) in [5.74, 6) is 1.62. The van der Waals surface area contributed by atoms with E-state index < -0.39 is 0 Å². The van der Waals surface area contributed by atoms with E-state index in [-0.39, 0.29) is 5.56 Å². The van der Waals surface area contributed by atoms with E-state index in [4.69, 9.17) is 9.47 Å². The summed E-state index contributed by atoms with van der Waals surface area (Å²) in [4.78, 5) is 15.6. The van der Waals surface area contributed by atoms with Crippen LogP contribution in [0.1, 0.15) is 24.8 Å². The highest BCUT2D eigenvalue weighted by Crippen LogP contribution is 2.31. The van der Waals surface area contributed by atoms with Gasteiger partial charge in [-0.2, -0.15) is 9.78 Å². The number of aryl methyl sites for hydroxylation is 1. The Kier molecular flexibility index (Phi) is 5.51. The van der Waals surface area contributed by atoms with Crippen LogP contribution >= 0.6 is 0 Å². The molecule has 1 fully saturated rings. The molecular weight excluding hydrogens is 366 g/mol. The van der Waals surface area contributed by atoms with Gasteiger partial charge in [0.05, 0.1) is 19.0 Å². The maximum absolute atomic E-state index is 13.4. The monoisotopic (exact) mass is 391 g/mol. The van der Waals surface area contributed by atoms with E-state index in [2.05, 4.69) is 10.00 Å². The Hall–Kier alpha value is -3.28. The minimum atomic E-state index is -0.271. The molecule has 2 heterocycles. The molecule has 6 nitrogen and oxygen atoms in total. The molecule has 1 saturated heterocycles. The third-order valence-corrected chi connectivity index (χ3v) is 5.17. The van der Waals surface area contributed by atoms with Gasteiger partial charge in [0, 0.05) is 13.1 Å². The standard InChI is InChI=1S/C23H25N3O3/c1-17-6-8-18(9-7-17)26-23(27)22(29-20-12-10-19(28-2)11-13-20)21(16-24-26)25-14-4-3-5-15-25/h6-13,16H,3-5,14-15H2,1-2H3. The first-order chi connectivity index (χ1) is 14.2. The first kappa shape index (κ1) is 19.1. The number of hydrogen-bond donors (Lipinski definition) is 0. The number of rotatable bonds is 5. The molecule has 3 aromatic rings. The quantitative estimate of drug-likeness (QED) is 0.648. The molecular formula is C23H25N3O3. The number of methoxy groups -OCH3 is 1. The van der Waals surface area contributed by atoms with Crippen molar-refractivity contribution in [3.05, 3.63) is 70.6 Å². The first-order valence-corrected chi connectivity index (χ1v) is 9.92. The van der Waals surface area contributed by atoms with E-state index in [0.717, 1.165) is 42.9 Å². The highest BCUT2D eigenvalue weighted by Gasteiger charge is 2.21. The third kappa shape index (κ3) is 4.11. The Morgan fingerprint density at radius 3 is 2.21 bits per heavy atom. The predicted octanol–water partition coefficient (Wildman–Crippen LogP) is 4.33. The van der Waals surface area contributed by atoms with Crippen LogP contribution in [0.3, 0.4) is 0 Å². The van der Waals surface area contributed by atoms with E-state index in [9.17, 15) is 4.79 Å². The van der Waals surface area contributed by atoms with Gasteiger partial charge in [0.25, 0.3) is 0 Å². The van der Waals surface area contributed by atoms with Gasteiger partial charge in [-0.1, -0.05) is 17.7 Å². The average Bonchev–Trinajstić information content (AvgIpc) is 2.77. The fourth-order valence-corrected chi connectivity index (χ4v) is 3.52. The van der Waals surface area contributed by atoms with Gasteiger partial charge in [0.1, 0.15) is 17.2 Å². The van der Waals surface area contributed by atoms with Gasteiger partial charge < -0.3 is 14.4 Å². The second-order valence-electron chi connectivity index (χ2n) is 7.24. The minimum absolute atomic E-state index is 0.271. The largest absolute Gasteiger partial charge is 0.497 e. The summed E-state index contributed by atoms with van der Waals surface area (Å²) >= 11 is 0. The highest BCUT2D eigenvalue weighted by molar-refractivity contribution is 5.58. The minimum Gasteiger partial charge on any atom is -0.497 e. The molecule has 1 aromatic heterocycles. The normalized spacial score (nSPS) is 13.9. The van der Waals surface area contributed by atoms with Crippen molar-refractivity contribution in [3.63, 3.8) is 0 Å². The van der Waals surface area contributed by atoms with Crippen LogP contribution in [0, 0.1) is 6.92 Å². The van der Waals surface area contributed by atoms with Crippen molar-refractivity contribution in [2.24, 2.45) is 0 Å².